The maximum atomic E-state index is 17.9. The first-order valence-electron chi connectivity index (χ1n) is 23.7. The van der Waals surface area contributed by atoms with Gasteiger partial charge in [0.1, 0.15) is 17.8 Å². The summed E-state index contributed by atoms with van der Waals surface area (Å²) in [6, 6.07) is 6.46. The van der Waals surface area contributed by atoms with E-state index in [1.165, 1.54) is 19.1 Å². The number of carbonyl (C=O) groups is 6. The second-order valence-electron chi connectivity index (χ2n) is 21.8. The number of nitrogens with one attached hydrogen (secondary N) is 3. The molecule has 1 heterocycles. The summed E-state index contributed by atoms with van der Waals surface area (Å²) in [6.45, 7) is 7.20. The Morgan fingerprint density at radius 1 is 1.03 bits per heavy atom. The largest absolute Gasteiger partial charge is 0.566 e. The average molecular weight is 1050 g/mol. The van der Waals surface area contributed by atoms with Gasteiger partial charge in [-0.15, -0.1) is 4.52 Å². The molecule has 1 saturated heterocycles. The van der Waals surface area contributed by atoms with Crippen LogP contribution in [0.25, 0.3) is 0 Å². The summed E-state index contributed by atoms with van der Waals surface area (Å²) in [6.07, 6.45) is 1.70. The Morgan fingerprint density at radius 3 is 2.38 bits per heavy atom. The van der Waals surface area contributed by atoms with Crippen molar-refractivity contribution in [1.82, 2.24) is 16.0 Å². The Bertz CT molecular complexity index is 2330. The average Bonchev–Trinajstić information content (AvgIpc) is 3.76. The maximum Gasteiger partial charge on any atom is 0.488 e. The Labute approximate surface area is 408 Å². The molecule has 1 unspecified atom stereocenters. The highest BCUT2D eigenvalue weighted by Gasteiger charge is 2.80. The highest BCUT2D eigenvalue weighted by molar-refractivity contribution is 9.09. The lowest BCUT2D eigenvalue weighted by Gasteiger charge is -2.63. The van der Waals surface area contributed by atoms with Crippen molar-refractivity contribution in [2.24, 2.45) is 34.0 Å². The molecule has 4 N–H and O–H groups in total. The van der Waals surface area contributed by atoms with Crippen molar-refractivity contribution in [3.8, 4) is 0 Å². The molecular formula is C49H61BrF2N3O13P. The Kier molecular flexibility index (Phi) is 14.2. The van der Waals surface area contributed by atoms with E-state index in [2.05, 4.69) is 31.9 Å². The van der Waals surface area contributed by atoms with Gasteiger partial charge in [-0.3, -0.25) is 28.8 Å². The summed E-state index contributed by atoms with van der Waals surface area (Å²) in [7, 11) is -3.42. The van der Waals surface area contributed by atoms with Crippen LogP contribution in [0.15, 0.2) is 48.1 Å². The minimum atomic E-state index is -3.42. The van der Waals surface area contributed by atoms with Gasteiger partial charge in [-0.05, 0) is 131 Å². The fourth-order valence-corrected chi connectivity index (χ4v) is 13.8. The molecule has 20 heteroatoms. The smallest absolute Gasteiger partial charge is 0.488 e. The summed E-state index contributed by atoms with van der Waals surface area (Å²) in [5, 5.41) is 20.0. The number of esters is 1. The number of ether oxygens (including phenoxy) is 3. The molecule has 7 aliphatic rings. The molecule has 3 amide bonds. The van der Waals surface area contributed by atoms with Crippen LogP contribution < -0.4 is 20.8 Å². The number of ketones is 2. The number of allylic oxidation sites excluding steroid dienone is 4. The summed E-state index contributed by atoms with van der Waals surface area (Å²) in [5.74, 6) is -4.55. The lowest BCUT2D eigenvalue weighted by Crippen LogP contribution is -2.70. The zero-order valence-corrected chi connectivity index (χ0v) is 41.8. The monoisotopic (exact) mass is 1050 g/mol. The molecule has 0 radical (unpaired) electrons. The van der Waals surface area contributed by atoms with Gasteiger partial charge < -0.3 is 40.2 Å². The van der Waals surface area contributed by atoms with Crippen LogP contribution in [0.1, 0.15) is 110 Å². The number of rotatable bonds is 16. The highest BCUT2D eigenvalue weighted by Crippen LogP contribution is 2.73. The quantitative estimate of drug-likeness (QED) is 0.1000. The topological polar surface area (TPSA) is 236 Å². The van der Waals surface area contributed by atoms with E-state index < -0.39 is 114 Å². The molecule has 8 rings (SSSR count). The number of halogens is 3. The fraction of sp³-hybridized carbons (Fsp3) is 0.673. The van der Waals surface area contributed by atoms with Crippen molar-refractivity contribution >= 4 is 59.4 Å². The highest BCUT2D eigenvalue weighted by atomic mass is 79.9. The number of fused-ring (bicyclic) bond motifs is 7. The lowest BCUT2D eigenvalue weighted by atomic mass is 9.44. The van der Waals surface area contributed by atoms with Gasteiger partial charge in [0, 0.05) is 34.8 Å². The Balaban J connectivity index is 0.885. The molecule has 0 aromatic heterocycles. The van der Waals surface area contributed by atoms with E-state index >= 15 is 8.78 Å². The van der Waals surface area contributed by atoms with Crippen molar-refractivity contribution < 1.29 is 70.8 Å². The van der Waals surface area contributed by atoms with Crippen LogP contribution in [0.3, 0.4) is 0 Å². The zero-order valence-electron chi connectivity index (χ0n) is 39.4. The summed E-state index contributed by atoms with van der Waals surface area (Å²) < 4.78 is 68.9. The van der Waals surface area contributed by atoms with E-state index in [0.717, 1.165) is 43.7 Å². The number of hydrogen-bond acceptors (Lipinski definition) is 13. The summed E-state index contributed by atoms with van der Waals surface area (Å²) in [5.41, 5.74) is -6.29. The van der Waals surface area contributed by atoms with Crippen molar-refractivity contribution in [2.45, 2.75) is 152 Å². The van der Waals surface area contributed by atoms with Crippen LogP contribution >= 0.6 is 24.2 Å². The molecule has 376 valence electrons. The Hall–Kier alpha value is -3.84. The van der Waals surface area contributed by atoms with E-state index in [9.17, 15) is 43.3 Å². The van der Waals surface area contributed by atoms with Gasteiger partial charge in [-0.25, -0.2) is 8.78 Å². The van der Waals surface area contributed by atoms with E-state index in [-0.39, 0.29) is 66.9 Å². The van der Waals surface area contributed by atoms with Crippen LogP contribution in [-0.2, 0) is 58.5 Å². The van der Waals surface area contributed by atoms with Crippen LogP contribution in [0, 0.1) is 34.0 Å². The molecule has 5 saturated carbocycles. The second kappa shape index (κ2) is 19.0. The van der Waals surface area contributed by atoms with Gasteiger partial charge in [0.05, 0.1) is 24.1 Å². The molecule has 1 aromatic rings. The molecule has 16 nitrogen and oxygen atoms in total. The van der Waals surface area contributed by atoms with E-state index in [1.54, 1.807) is 27.7 Å². The standard InChI is InChI=1S/C49H61BrF2N3O13P/c1-44(2,3)67-41(61)11-10-35(55-40(60)24-53-39(59)23-50)42(62)54-29-20-47(21-29)18-27(19-47)14-26-6-8-28(9-7-26)43-66-38-17-31-32-16-34(51)33-15-30(56)12-13-45(33,4)48(32,52)36(57)22-46(31,5)49(38,68-43)37(58)25-65-69(63)64/h6-9,12-13,15,27,29,31-32,34-36,38,43,57H,10-11,14,16-25H2,1-5H3,(H,53,59)(H,54,62)(H,55,60)/t27?,29?,31-,32-,34-,35-,36-,38+,43+,45-,46-,47?,48-,49+/m0/s1. The first kappa shape index (κ1) is 51.5. The Morgan fingerprint density at radius 2 is 1.72 bits per heavy atom. The molecule has 1 spiro atoms. The summed E-state index contributed by atoms with van der Waals surface area (Å²) >= 11 is 3.03. The molecule has 6 aliphatic carbocycles. The molecule has 6 fully saturated rings. The number of carbonyl (C=O) groups excluding carboxylic acids is 6. The van der Waals surface area contributed by atoms with E-state index in [1.807, 2.05) is 24.3 Å². The first-order chi connectivity index (χ1) is 32.3. The van der Waals surface area contributed by atoms with Crippen molar-refractivity contribution in [3.63, 3.8) is 0 Å². The zero-order chi connectivity index (χ0) is 50.1. The SMILES string of the molecule is CC(C)(C)OC(=O)CC[C@H](NC(=O)CNC(=O)CBr)C(=O)NC1CC2(CC(Cc3ccc([C@@H]4O[C@@H]5C[C@H]6[C@@H]7C[C@H](F)C8=CC(=O)C=C[C@]8(C)[C@@]7(F)[C@@H](O)C[C@]6(C)[C@]5(C(=O)CO[P+](=O)[O-])O4)cc3)C2)C1. The normalized spacial score (nSPS) is 37.9. The third-order valence-corrected chi connectivity index (χ3v) is 17.1. The minimum absolute atomic E-state index is 0.0163. The van der Waals surface area contributed by atoms with Crippen LogP contribution in [0.4, 0.5) is 8.78 Å². The van der Waals surface area contributed by atoms with Crippen LogP contribution in [0.2, 0.25) is 0 Å². The maximum absolute atomic E-state index is 17.9. The van der Waals surface area contributed by atoms with Gasteiger partial charge in [-0.2, -0.15) is 0 Å². The predicted molar refractivity (Wildman–Crippen MR) is 244 cm³/mol. The number of alkyl halides is 3. The van der Waals surface area contributed by atoms with E-state index in [4.69, 9.17) is 18.7 Å². The number of benzene rings is 1. The van der Waals surface area contributed by atoms with Gasteiger partial charge in [-0.1, -0.05) is 53.2 Å². The molecule has 1 aliphatic heterocycles. The number of Topliss-reactive ketones (excluding diaryl/α,β-unsaturated/α-hetero) is 1. The second-order valence-corrected chi connectivity index (χ2v) is 23.1. The van der Waals surface area contributed by atoms with Crippen LogP contribution in [0.5, 0.6) is 0 Å². The number of hydrogen-bond donors (Lipinski definition) is 4. The van der Waals surface area contributed by atoms with Crippen molar-refractivity contribution in [1.29, 1.82) is 0 Å². The molecular weight excluding hydrogens is 987 g/mol. The molecule has 69 heavy (non-hydrogen) atoms. The number of aliphatic hydroxyl groups excluding tert-OH is 1. The fourth-order valence-electron chi connectivity index (χ4n) is 13.4. The molecule has 1 aromatic carbocycles. The number of amides is 3. The van der Waals surface area contributed by atoms with Crippen molar-refractivity contribution in [3.05, 3.63) is 59.2 Å². The molecule has 12 atom stereocenters. The van der Waals surface area contributed by atoms with Gasteiger partial charge in [0.2, 0.25) is 17.7 Å². The van der Waals surface area contributed by atoms with Crippen LogP contribution in [-0.4, -0.2) is 106 Å². The summed E-state index contributed by atoms with van der Waals surface area (Å²) in [4.78, 5) is 88.3. The third kappa shape index (κ3) is 9.43. The molecule has 0 bridgehead atoms. The minimum Gasteiger partial charge on any atom is -0.566 e. The van der Waals surface area contributed by atoms with Gasteiger partial charge in [0.15, 0.2) is 35.7 Å². The first-order valence-corrected chi connectivity index (χ1v) is 25.9. The number of aliphatic hydroxyl groups is 1. The van der Waals surface area contributed by atoms with E-state index in [0.29, 0.717) is 11.5 Å². The van der Waals surface area contributed by atoms with Gasteiger partial charge >= 0.3 is 14.2 Å². The van der Waals surface area contributed by atoms with Gasteiger partial charge in [0.25, 0.3) is 0 Å². The van der Waals surface area contributed by atoms with Crippen molar-refractivity contribution in [2.75, 3.05) is 18.5 Å². The lowest BCUT2D eigenvalue weighted by molar-refractivity contribution is -0.235. The third-order valence-electron chi connectivity index (χ3n) is 16.3. The predicted octanol–water partition coefficient (Wildman–Crippen LogP) is 4.71.